The topological polar surface area (TPSA) is 84.9 Å². The van der Waals surface area contributed by atoms with Gasteiger partial charge in [-0.1, -0.05) is 5.92 Å². The van der Waals surface area contributed by atoms with Gasteiger partial charge in [-0.2, -0.15) is 0 Å². The zero-order valence-electron chi connectivity index (χ0n) is 10.1. The highest BCUT2D eigenvalue weighted by Crippen LogP contribution is 2.06. The SMILES string of the molecule is C#CCOC(=O)[C@H](CO)NC(=O)OC(C)(C)C. The average Bonchev–Trinajstić information content (AvgIpc) is 2.19. The summed E-state index contributed by atoms with van der Waals surface area (Å²) in [6.07, 6.45) is 4.09. The second-order valence-corrected chi connectivity index (χ2v) is 4.19. The number of aliphatic hydroxyl groups is 1. The van der Waals surface area contributed by atoms with E-state index in [0.717, 1.165) is 0 Å². The Morgan fingerprint density at radius 3 is 2.47 bits per heavy atom. The molecule has 0 saturated carbocycles. The van der Waals surface area contributed by atoms with E-state index in [-0.39, 0.29) is 6.61 Å². The lowest BCUT2D eigenvalue weighted by atomic mass is 10.2. The van der Waals surface area contributed by atoms with Crippen molar-refractivity contribution in [2.24, 2.45) is 0 Å². The summed E-state index contributed by atoms with van der Waals surface area (Å²) in [6.45, 7) is 4.22. The Labute approximate surface area is 100 Å². The Bertz CT molecular complexity index is 313. The van der Waals surface area contributed by atoms with Crippen molar-refractivity contribution in [1.82, 2.24) is 5.32 Å². The summed E-state index contributed by atoms with van der Waals surface area (Å²) in [4.78, 5) is 22.6. The second kappa shape index (κ2) is 6.76. The van der Waals surface area contributed by atoms with Gasteiger partial charge in [0.25, 0.3) is 0 Å². The lowest BCUT2D eigenvalue weighted by Gasteiger charge is -2.21. The standard InChI is InChI=1S/C11H17NO5/c1-5-6-16-9(14)8(7-13)12-10(15)17-11(2,3)4/h1,8,13H,6-7H2,2-4H3,(H,12,15)/t8-/m0/s1. The first kappa shape index (κ1) is 15.3. The Morgan fingerprint density at radius 1 is 1.47 bits per heavy atom. The summed E-state index contributed by atoms with van der Waals surface area (Å²) in [5.74, 6) is 1.29. The van der Waals surface area contributed by atoms with Crippen molar-refractivity contribution in [3.8, 4) is 12.3 Å². The number of carbonyl (C=O) groups is 2. The Hall–Kier alpha value is -1.74. The Kier molecular flexibility index (Phi) is 6.07. The van der Waals surface area contributed by atoms with Crippen molar-refractivity contribution in [3.05, 3.63) is 0 Å². The molecular formula is C11H17NO5. The van der Waals surface area contributed by atoms with E-state index in [0.29, 0.717) is 0 Å². The third kappa shape index (κ3) is 7.19. The van der Waals surface area contributed by atoms with E-state index < -0.39 is 30.3 Å². The highest BCUT2D eigenvalue weighted by Gasteiger charge is 2.24. The van der Waals surface area contributed by atoms with Gasteiger partial charge in [0.15, 0.2) is 12.6 Å². The van der Waals surface area contributed by atoms with Crippen molar-refractivity contribution >= 4 is 12.1 Å². The van der Waals surface area contributed by atoms with Crippen molar-refractivity contribution in [3.63, 3.8) is 0 Å². The first-order valence-electron chi connectivity index (χ1n) is 5.00. The molecule has 0 aromatic rings. The van der Waals surface area contributed by atoms with Crippen LogP contribution in [0.2, 0.25) is 0 Å². The molecule has 0 saturated heterocycles. The number of carbonyl (C=O) groups excluding carboxylic acids is 2. The summed E-state index contributed by atoms with van der Waals surface area (Å²) in [6, 6.07) is -1.18. The number of rotatable bonds is 4. The summed E-state index contributed by atoms with van der Waals surface area (Å²) < 4.78 is 9.49. The van der Waals surface area contributed by atoms with E-state index in [1.54, 1.807) is 20.8 Å². The molecule has 0 aliphatic carbocycles. The molecule has 0 aliphatic heterocycles. The van der Waals surface area contributed by atoms with Gasteiger partial charge in [0.2, 0.25) is 0 Å². The van der Waals surface area contributed by atoms with Crippen LogP contribution in [0.5, 0.6) is 0 Å². The molecule has 0 bridgehead atoms. The fraction of sp³-hybridized carbons (Fsp3) is 0.636. The average molecular weight is 243 g/mol. The number of hydrogen-bond donors (Lipinski definition) is 2. The third-order valence-corrected chi connectivity index (χ3v) is 1.46. The van der Waals surface area contributed by atoms with E-state index in [9.17, 15) is 9.59 Å². The van der Waals surface area contributed by atoms with Gasteiger partial charge in [-0.15, -0.1) is 6.42 Å². The molecule has 0 heterocycles. The zero-order chi connectivity index (χ0) is 13.5. The molecule has 17 heavy (non-hydrogen) atoms. The highest BCUT2D eigenvalue weighted by molar-refractivity contribution is 5.81. The maximum atomic E-state index is 11.3. The van der Waals surface area contributed by atoms with Crippen LogP contribution in [0.15, 0.2) is 0 Å². The molecule has 0 fully saturated rings. The van der Waals surface area contributed by atoms with Gasteiger partial charge >= 0.3 is 12.1 Å². The molecule has 0 unspecified atom stereocenters. The molecular weight excluding hydrogens is 226 g/mol. The van der Waals surface area contributed by atoms with Crippen LogP contribution in [0.3, 0.4) is 0 Å². The van der Waals surface area contributed by atoms with E-state index in [4.69, 9.17) is 16.3 Å². The van der Waals surface area contributed by atoms with Gasteiger partial charge in [0, 0.05) is 0 Å². The normalized spacial score (nSPS) is 12.2. The predicted molar refractivity (Wildman–Crippen MR) is 60.0 cm³/mol. The van der Waals surface area contributed by atoms with Gasteiger partial charge in [-0.25, -0.2) is 9.59 Å². The molecule has 1 atom stereocenters. The minimum atomic E-state index is -1.18. The lowest BCUT2D eigenvalue weighted by molar-refractivity contribution is -0.145. The summed E-state index contributed by atoms with van der Waals surface area (Å²) in [5.41, 5.74) is -0.688. The van der Waals surface area contributed by atoms with Crippen LogP contribution in [0.25, 0.3) is 0 Å². The van der Waals surface area contributed by atoms with Crippen molar-refractivity contribution in [2.45, 2.75) is 32.4 Å². The van der Waals surface area contributed by atoms with Crippen LogP contribution >= 0.6 is 0 Å². The zero-order valence-corrected chi connectivity index (χ0v) is 10.1. The number of ether oxygens (including phenoxy) is 2. The first-order valence-corrected chi connectivity index (χ1v) is 5.00. The van der Waals surface area contributed by atoms with Crippen molar-refractivity contribution in [2.75, 3.05) is 13.2 Å². The van der Waals surface area contributed by atoms with Crippen LogP contribution < -0.4 is 5.32 Å². The molecule has 0 aliphatic rings. The van der Waals surface area contributed by atoms with Gasteiger partial charge in [-0.05, 0) is 20.8 Å². The van der Waals surface area contributed by atoms with E-state index in [2.05, 4.69) is 16.0 Å². The molecule has 1 amide bonds. The molecule has 0 radical (unpaired) electrons. The Morgan fingerprint density at radius 2 is 2.06 bits per heavy atom. The molecule has 0 aromatic carbocycles. The molecule has 0 rings (SSSR count). The fourth-order valence-corrected chi connectivity index (χ4v) is 0.842. The minimum absolute atomic E-state index is 0.217. The van der Waals surface area contributed by atoms with Crippen molar-refractivity contribution < 1.29 is 24.2 Å². The Balaban J connectivity index is 4.26. The second-order valence-electron chi connectivity index (χ2n) is 4.19. The third-order valence-electron chi connectivity index (χ3n) is 1.46. The van der Waals surface area contributed by atoms with E-state index >= 15 is 0 Å². The molecule has 96 valence electrons. The van der Waals surface area contributed by atoms with Gasteiger partial charge in [0.1, 0.15) is 5.60 Å². The molecule has 0 aromatic heterocycles. The summed E-state index contributed by atoms with van der Waals surface area (Å²) in [5, 5.41) is 11.1. The van der Waals surface area contributed by atoms with Crippen LogP contribution in [-0.2, 0) is 14.3 Å². The van der Waals surface area contributed by atoms with E-state index in [1.807, 2.05) is 0 Å². The van der Waals surface area contributed by atoms with Crippen LogP contribution in [0.1, 0.15) is 20.8 Å². The molecule has 0 spiro atoms. The maximum Gasteiger partial charge on any atom is 0.408 e. The largest absolute Gasteiger partial charge is 0.451 e. The van der Waals surface area contributed by atoms with Crippen molar-refractivity contribution in [1.29, 1.82) is 0 Å². The number of alkyl carbamates (subject to hydrolysis) is 1. The van der Waals surface area contributed by atoms with Gasteiger partial charge in [0.05, 0.1) is 6.61 Å². The molecule has 2 N–H and O–H groups in total. The molecule has 6 heteroatoms. The predicted octanol–water partition coefficient (Wildman–Crippen LogP) is 0.0484. The number of terminal acetylenes is 1. The summed E-state index contributed by atoms with van der Waals surface area (Å²) in [7, 11) is 0. The van der Waals surface area contributed by atoms with Crippen LogP contribution in [0.4, 0.5) is 4.79 Å². The number of aliphatic hydroxyl groups excluding tert-OH is 1. The van der Waals surface area contributed by atoms with Gasteiger partial charge < -0.3 is 19.9 Å². The lowest BCUT2D eigenvalue weighted by Crippen LogP contribution is -2.46. The first-order chi connectivity index (χ1) is 7.80. The van der Waals surface area contributed by atoms with Crippen LogP contribution in [0, 0.1) is 12.3 Å². The van der Waals surface area contributed by atoms with E-state index in [1.165, 1.54) is 0 Å². The maximum absolute atomic E-state index is 11.3. The monoisotopic (exact) mass is 243 g/mol. The fourth-order valence-electron chi connectivity index (χ4n) is 0.842. The number of amides is 1. The van der Waals surface area contributed by atoms with Crippen LogP contribution in [-0.4, -0.2) is 42.0 Å². The number of nitrogens with one attached hydrogen (secondary N) is 1. The number of hydrogen-bond acceptors (Lipinski definition) is 5. The van der Waals surface area contributed by atoms with Gasteiger partial charge in [-0.3, -0.25) is 0 Å². The molecule has 6 nitrogen and oxygen atoms in total. The number of esters is 1. The highest BCUT2D eigenvalue weighted by atomic mass is 16.6. The summed E-state index contributed by atoms with van der Waals surface area (Å²) >= 11 is 0. The minimum Gasteiger partial charge on any atom is -0.451 e. The smallest absolute Gasteiger partial charge is 0.408 e. The quantitative estimate of drug-likeness (QED) is 0.538.